The first-order chi connectivity index (χ1) is 6.98. The van der Waals surface area contributed by atoms with E-state index >= 15 is 0 Å². The quantitative estimate of drug-likeness (QED) is 0.723. The molecule has 0 N–H and O–H groups in total. The number of halogens is 2. The molecular formula is C11H11ClFNO. The van der Waals surface area contributed by atoms with Crippen LogP contribution in [0.15, 0.2) is 23.2 Å². The molecule has 0 atom stereocenters. The Balaban J connectivity index is 2.39. The van der Waals surface area contributed by atoms with Gasteiger partial charge in [-0.25, -0.2) is 9.38 Å². The minimum Gasteiger partial charge on any atom is -0.475 e. The Kier molecular flexibility index (Phi) is 2.43. The van der Waals surface area contributed by atoms with Gasteiger partial charge in [0, 0.05) is 0 Å². The molecule has 4 heteroatoms. The van der Waals surface area contributed by atoms with Gasteiger partial charge in [0.25, 0.3) is 0 Å². The Bertz CT molecular complexity index is 429. The third-order valence-electron chi connectivity index (χ3n) is 2.13. The lowest BCUT2D eigenvalue weighted by molar-refractivity contribution is 0.279. The Morgan fingerprint density at radius 1 is 1.47 bits per heavy atom. The first-order valence-corrected chi connectivity index (χ1v) is 5.04. The van der Waals surface area contributed by atoms with Crippen molar-refractivity contribution in [3.05, 3.63) is 34.6 Å². The van der Waals surface area contributed by atoms with Crippen molar-refractivity contribution in [1.82, 2.24) is 0 Å². The molecule has 0 radical (unpaired) electrons. The summed E-state index contributed by atoms with van der Waals surface area (Å²) < 4.78 is 18.2. The van der Waals surface area contributed by atoms with Crippen LogP contribution in [0.3, 0.4) is 0 Å². The average Bonchev–Trinajstić information content (AvgIpc) is 2.46. The number of aliphatic imine (C=N–C) groups is 1. The average molecular weight is 228 g/mol. The van der Waals surface area contributed by atoms with Crippen molar-refractivity contribution in [2.45, 2.75) is 19.4 Å². The first kappa shape index (κ1) is 10.4. The van der Waals surface area contributed by atoms with Crippen molar-refractivity contribution >= 4 is 17.5 Å². The SMILES string of the molecule is CC1(C)COC(c2ccc(F)cc2Cl)=N1. The molecule has 80 valence electrons. The van der Waals surface area contributed by atoms with Gasteiger partial charge < -0.3 is 4.74 Å². The van der Waals surface area contributed by atoms with Gasteiger partial charge in [-0.3, -0.25) is 0 Å². The predicted molar refractivity (Wildman–Crippen MR) is 58.0 cm³/mol. The van der Waals surface area contributed by atoms with Crippen molar-refractivity contribution in [1.29, 1.82) is 0 Å². The molecule has 1 aliphatic rings. The summed E-state index contributed by atoms with van der Waals surface area (Å²) in [6.45, 7) is 4.46. The molecule has 0 bridgehead atoms. The van der Waals surface area contributed by atoms with Crippen LogP contribution in [0.1, 0.15) is 19.4 Å². The summed E-state index contributed by atoms with van der Waals surface area (Å²) in [6, 6.07) is 4.18. The van der Waals surface area contributed by atoms with E-state index in [1.165, 1.54) is 12.1 Å². The van der Waals surface area contributed by atoms with Gasteiger partial charge in [-0.15, -0.1) is 0 Å². The van der Waals surface area contributed by atoms with E-state index in [1.54, 1.807) is 6.07 Å². The van der Waals surface area contributed by atoms with Crippen LogP contribution >= 0.6 is 11.6 Å². The number of rotatable bonds is 1. The summed E-state index contributed by atoms with van der Waals surface area (Å²) in [7, 11) is 0. The largest absolute Gasteiger partial charge is 0.475 e. The van der Waals surface area contributed by atoms with Gasteiger partial charge in [-0.1, -0.05) is 11.6 Å². The Morgan fingerprint density at radius 3 is 2.73 bits per heavy atom. The van der Waals surface area contributed by atoms with Gasteiger partial charge in [-0.2, -0.15) is 0 Å². The molecular weight excluding hydrogens is 217 g/mol. The fraction of sp³-hybridized carbons (Fsp3) is 0.364. The highest BCUT2D eigenvalue weighted by Gasteiger charge is 2.27. The molecule has 15 heavy (non-hydrogen) atoms. The molecule has 0 aliphatic carbocycles. The van der Waals surface area contributed by atoms with Crippen LogP contribution in [0.25, 0.3) is 0 Å². The van der Waals surface area contributed by atoms with Crippen LogP contribution in [-0.4, -0.2) is 18.0 Å². The van der Waals surface area contributed by atoms with E-state index in [2.05, 4.69) is 4.99 Å². The zero-order valence-corrected chi connectivity index (χ0v) is 9.31. The number of benzene rings is 1. The van der Waals surface area contributed by atoms with Crippen molar-refractivity contribution in [3.63, 3.8) is 0 Å². The van der Waals surface area contributed by atoms with Gasteiger partial charge in [0.05, 0.1) is 16.1 Å². The van der Waals surface area contributed by atoms with Gasteiger partial charge in [-0.05, 0) is 32.0 Å². The third kappa shape index (κ3) is 2.12. The smallest absolute Gasteiger partial charge is 0.218 e. The van der Waals surface area contributed by atoms with Crippen LogP contribution in [0.5, 0.6) is 0 Å². The zero-order valence-electron chi connectivity index (χ0n) is 8.55. The molecule has 0 amide bonds. The maximum absolute atomic E-state index is 12.8. The van der Waals surface area contributed by atoms with E-state index in [-0.39, 0.29) is 11.4 Å². The Labute approximate surface area is 92.7 Å². The highest BCUT2D eigenvalue weighted by atomic mass is 35.5. The van der Waals surface area contributed by atoms with Gasteiger partial charge in [0.1, 0.15) is 12.4 Å². The summed E-state index contributed by atoms with van der Waals surface area (Å²) >= 11 is 5.90. The Morgan fingerprint density at radius 2 is 2.20 bits per heavy atom. The Hall–Kier alpha value is -1.09. The van der Waals surface area contributed by atoms with E-state index in [0.717, 1.165) is 0 Å². The van der Waals surface area contributed by atoms with Crippen molar-refractivity contribution in [2.24, 2.45) is 4.99 Å². The summed E-state index contributed by atoms with van der Waals surface area (Å²) in [5.41, 5.74) is 0.413. The van der Waals surface area contributed by atoms with E-state index < -0.39 is 0 Å². The van der Waals surface area contributed by atoms with Crippen LogP contribution in [-0.2, 0) is 4.74 Å². The maximum Gasteiger partial charge on any atom is 0.218 e. The molecule has 1 aromatic rings. The first-order valence-electron chi connectivity index (χ1n) is 4.66. The van der Waals surface area contributed by atoms with E-state index in [1.807, 2.05) is 13.8 Å². The standard InChI is InChI=1S/C11H11ClFNO/c1-11(2)6-15-10(14-11)8-4-3-7(13)5-9(8)12/h3-5H,6H2,1-2H3. The molecule has 0 saturated heterocycles. The lowest BCUT2D eigenvalue weighted by Gasteiger charge is -2.07. The van der Waals surface area contributed by atoms with E-state index in [0.29, 0.717) is 23.1 Å². The molecule has 2 nitrogen and oxygen atoms in total. The van der Waals surface area contributed by atoms with Gasteiger partial charge >= 0.3 is 0 Å². The summed E-state index contributed by atoms with van der Waals surface area (Å²) in [5.74, 6) is 0.131. The van der Waals surface area contributed by atoms with Crippen LogP contribution in [0.2, 0.25) is 5.02 Å². The number of nitrogens with zero attached hydrogens (tertiary/aromatic N) is 1. The monoisotopic (exact) mass is 227 g/mol. The number of hydrogen-bond donors (Lipinski definition) is 0. The lowest BCUT2D eigenvalue weighted by atomic mass is 10.1. The fourth-order valence-electron chi connectivity index (χ4n) is 1.39. The van der Waals surface area contributed by atoms with E-state index in [4.69, 9.17) is 16.3 Å². The van der Waals surface area contributed by atoms with Crippen LogP contribution in [0, 0.1) is 5.82 Å². The second-order valence-electron chi connectivity index (χ2n) is 4.14. The normalized spacial score (nSPS) is 18.5. The molecule has 0 unspecified atom stereocenters. The third-order valence-corrected chi connectivity index (χ3v) is 2.44. The zero-order chi connectivity index (χ0) is 11.1. The fourth-order valence-corrected chi connectivity index (χ4v) is 1.63. The molecule has 0 spiro atoms. The summed E-state index contributed by atoms with van der Waals surface area (Å²) in [4.78, 5) is 4.37. The van der Waals surface area contributed by atoms with E-state index in [9.17, 15) is 4.39 Å². The molecule has 0 fully saturated rings. The van der Waals surface area contributed by atoms with Crippen molar-refractivity contribution in [3.8, 4) is 0 Å². The predicted octanol–water partition coefficient (Wildman–Crippen LogP) is 3.03. The van der Waals surface area contributed by atoms with Crippen LogP contribution in [0.4, 0.5) is 4.39 Å². The lowest BCUT2D eigenvalue weighted by Crippen LogP contribution is -2.17. The minimum absolute atomic E-state index is 0.229. The molecule has 1 aromatic carbocycles. The van der Waals surface area contributed by atoms with Gasteiger partial charge in [0.15, 0.2) is 0 Å². The number of ether oxygens (including phenoxy) is 1. The molecule has 0 saturated carbocycles. The highest BCUT2D eigenvalue weighted by Crippen LogP contribution is 2.25. The van der Waals surface area contributed by atoms with Gasteiger partial charge in [0.2, 0.25) is 5.90 Å². The summed E-state index contributed by atoms with van der Waals surface area (Å²) in [6.07, 6.45) is 0. The van der Waals surface area contributed by atoms with Crippen LogP contribution < -0.4 is 0 Å². The number of hydrogen-bond acceptors (Lipinski definition) is 2. The summed E-state index contributed by atoms with van der Waals surface area (Å²) in [5, 5.41) is 0.325. The minimum atomic E-state index is -0.360. The van der Waals surface area contributed by atoms with Crippen molar-refractivity contribution < 1.29 is 9.13 Å². The maximum atomic E-state index is 12.8. The second-order valence-corrected chi connectivity index (χ2v) is 4.55. The molecule has 1 aliphatic heterocycles. The molecule has 0 aromatic heterocycles. The second kappa shape index (κ2) is 3.49. The van der Waals surface area contributed by atoms with Crippen molar-refractivity contribution in [2.75, 3.05) is 6.61 Å². The topological polar surface area (TPSA) is 21.6 Å². The molecule has 2 rings (SSSR count). The highest BCUT2D eigenvalue weighted by molar-refractivity contribution is 6.33. The molecule has 1 heterocycles.